The van der Waals surface area contributed by atoms with E-state index in [4.69, 9.17) is 16.2 Å². The molecule has 0 saturated heterocycles. The highest BCUT2D eigenvalue weighted by molar-refractivity contribution is 5.86. The van der Waals surface area contributed by atoms with Crippen molar-refractivity contribution in [3.63, 3.8) is 0 Å². The molecule has 0 radical (unpaired) electrons. The van der Waals surface area contributed by atoms with Gasteiger partial charge in [-0.1, -0.05) is 0 Å². The summed E-state index contributed by atoms with van der Waals surface area (Å²) in [4.78, 5) is 4.22. The second-order valence-electron chi connectivity index (χ2n) is 4.28. The Morgan fingerprint density at radius 2 is 2.21 bits per heavy atom. The number of H-pyrrole nitrogens is 1. The standard InChI is InChI=1S/C12H14N6O/c1-19-7-2-3-9-8(6-7)10(18-17-9)12(14)4-5-15-11(13)16-12/h2-6H,14H2,1H3,(H,17,18)(H3,13,15,16). The quantitative estimate of drug-likeness (QED) is 0.610. The molecule has 0 spiro atoms. The first kappa shape index (κ1) is 11.5. The molecule has 19 heavy (non-hydrogen) atoms. The minimum atomic E-state index is -1.06. The van der Waals surface area contributed by atoms with Gasteiger partial charge < -0.3 is 15.8 Å². The average molecular weight is 258 g/mol. The molecule has 3 rings (SSSR count). The highest BCUT2D eigenvalue weighted by atomic mass is 16.5. The van der Waals surface area contributed by atoms with Crippen molar-refractivity contribution >= 4 is 16.9 Å². The first-order valence-corrected chi connectivity index (χ1v) is 5.73. The molecule has 7 nitrogen and oxygen atoms in total. The third-order valence-electron chi connectivity index (χ3n) is 3.04. The second kappa shape index (κ2) is 3.99. The lowest BCUT2D eigenvalue weighted by atomic mass is 10.0. The van der Waals surface area contributed by atoms with Gasteiger partial charge in [-0.2, -0.15) is 5.10 Å². The fourth-order valence-corrected chi connectivity index (χ4v) is 2.08. The van der Waals surface area contributed by atoms with Gasteiger partial charge in [0.25, 0.3) is 0 Å². The lowest BCUT2D eigenvalue weighted by Crippen LogP contribution is -2.42. The van der Waals surface area contributed by atoms with Crippen LogP contribution in [0.1, 0.15) is 5.69 Å². The van der Waals surface area contributed by atoms with Gasteiger partial charge in [0.05, 0.1) is 18.3 Å². The van der Waals surface area contributed by atoms with Crippen LogP contribution in [-0.4, -0.2) is 23.3 Å². The molecule has 0 bridgehead atoms. The van der Waals surface area contributed by atoms with Crippen LogP contribution in [0.5, 0.6) is 5.75 Å². The highest BCUT2D eigenvalue weighted by Crippen LogP contribution is 2.30. The van der Waals surface area contributed by atoms with Gasteiger partial charge in [-0.3, -0.25) is 10.8 Å². The van der Waals surface area contributed by atoms with Crippen LogP contribution in [0.3, 0.4) is 0 Å². The van der Waals surface area contributed by atoms with E-state index in [9.17, 15) is 0 Å². The van der Waals surface area contributed by atoms with E-state index in [1.807, 2.05) is 18.2 Å². The molecule has 6 N–H and O–H groups in total. The predicted molar refractivity (Wildman–Crippen MR) is 72.4 cm³/mol. The van der Waals surface area contributed by atoms with Crippen molar-refractivity contribution in [2.45, 2.75) is 5.66 Å². The van der Waals surface area contributed by atoms with E-state index < -0.39 is 5.66 Å². The zero-order valence-corrected chi connectivity index (χ0v) is 10.3. The Morgan fingerprint density at radius 1 is 1.37 bits per heavy atom. The summed E-state index contributed by atoms with van der Waals surface area (Å²) in [7, 11) is 1.61. The molecule has 1 unspecified atom stereocenters. The maximum Gasteiger partial charge on any atom is 0.195 e. The normalized spacial score (nSPS) is 22.1. The van der Waals surface area contributed by atoms with E-state index in [2.05, 4.69) is 20.5 Å². The van der Waals surface area contributed by atoms with Crippen molar-refractivity contribution in [3.8, 4) is 5.75 Å². The number of guanidine groups is 1. The van der Waals surface area contributed by atoms with Crippen LogP contribution in [0.2, 0.25) is 0 Å². The van der Waals surface area contributed by atoms with E-state index in [1.165, 1.54) is 0 Å². The average Bonchev–Trinajstić information content (AvgIpc) is 2.81. The van der Waals surface area contributed by atoms with Crippen molar-refractivity contribution in [2.75, 3.05) is 7.11 Å². The lowest BCUT2D eigenvalue weighted by Gasteiger charge is -2.24. The number of nitrogens with one attached hydrogen (secondary N) is 2. The van der Waals surface area contributed by atoms with Gasteiger partial charge >= 0.3 is 0 Å². The van der Waals surface area contributed by atoms with E-state index in [0.29, 0.717) is 5.69 Å². The minimum Gasteiger partial charge on any atom is -0.497 e. The fourth-order valence-electron chi connectivity index (χ4n) is 2.08. The molecule has 0 aliphatic carbocycles. The third-order valence-corrected chi connectivity index (χ3v) is 3.04. The Hall–Kier alpha value is -2.54. The topological polar surface area (TPSA) is 114 Å². The number of ether oxygens (including phenoxy) is 1. The molecule has 98 valence electrons. The van der Waals surface area contributed by atoms with Gasteiger partial charge in [0.1, 0.15) is 5.75 Å². The van der Waals surface area contributed by atoms with Gasteiger partial charge in [-0.25, -0.2) is 4.99 Å². The molecule has 2 heterocycles. The molecule has 1 aliphatic heterocycles. The minimum absolute atomic E-state index is 0.260. The third kappa shape index (κ3) is 1.80. The lowest BCUT2D eigenvalue weighted by molar-refractivity contribution is 0.415. The zero-order chi connectivity index (χ0) is 13.5. The maximum absolute atomic E-state index is 6.27. The Kier molecular flexibility index (Phi) is 2.42. The number of benzene rings is 1. The Labute approximate surface area is 109 Å². The number of aliphatic imine (C=N–C) groups is 1. The van der Waals surface area contributed by atoms with E-state index in [1.54, 1.807) is 19.4 Å². The van der Waals surface area contributed by atoms with E-state index >= 15 is 0 Å². The number of nitrogens with two attached hydrogens (primary N) is 2. The molecular weight excluding hydrogens is 244 g/mol. The number of nitrogens with zero attached hydrogens (tertiary/aromatic N) is 2. The summed E-state index contributed by atoms with van der Waals surface area (Å²) in [6.07, 6.45) is 3.38. The number of methoxy groups -OCH3 is 1. The highest BCUT2D eigenvalue weighted by Gasteiger charge is 2.30. The van der Waals surface area contributed by atoms with Crippen LogP contribution < -0.4 is 21.5 Å². The molecule has 1 aromatic heterocycles. The largest absolute Gasteiger partial charge is 0.497 e. The molecule has 1 aliphatic rings. The molecular formula is C12H14N6O. The van der Waals surface area contributed by atoms with Crippen molar-refractivity contribution in [3.05, 3.63) is 36.2 Å². The first-order chi connectivity index (χ1) is 9.12. The van der Waals surface area contributed by atoms with Gasteiger partial charge in [-0.15, -0.1) is 0 Å². The van der Waals surface area contributed by atoms with E-state index in [-0.39, 0.29) is 5.96 Å². The summed E-state index contributed by atoms with van der Waals surface area (Å²) >= 11 is 0. The number of fused-ring (bicyclic) bond motifs is 1. The van der Waals surface area contributed by atoms with Crippen LogP contribution in [0, 0.1) is 0 Å². The summed E-state index contributed by atoms with van der Waals surface area (Å²) in [6.45, 7) is 0. The Morgan fingerprint density at radius 3 is 2.95 bits per heavy atom. The van der Waals surface area contributed by atoms with Gasteiger partial charge in [0.2, 0.25) is 0 Å². The molecule has 0 fully saturated rings. The van der Waals surface area contributed by atoms with Crippen LogP contribution in [0.4, 0.5) is 0 Å². The summed E-state index contributed by atoms with van der Waals surface area (Å²) in [5.74, 6) is 0.990. The molecule has 2 aromatic rings. The van der Waals surface area contributed by atoms with Crippen LogP contribution in [-0.2, 0) is 5.66 Å². The smallest absolute Gasteiger partial charge is 0.195 e. The van der Waals surface area contributed by atoms with Gasteiger partial charge in [-0.05, 0) is 24.3 Å². The summed E-state index contributed by atoms with van der Waals surface area (Å²) in [6, 6.07) is 5.56. The number of hydrogen-bond acceptors (Lipinski definition) is 6. The number of rotatable bonds is 2. The summed E-state index contributed by atoms with van der Waals surface area (Å²) in [5.41, 5.74) is 12.3. The van der Waals surface area contributed by atoms with Crippen molar-refractivity contribution in [1.29, 1.82) is 0 Å². The zero-order valence-electron chi connectivity index (χ0n) is 10.3. The van der Waals surface area contributed by atoms with Crippen LogP contribution in [0.15, 0.2) is 35.5 Å². The molecule has 0 saturated carbocycles. The van der Waals surface area contributed by atoms with Gasteiger partial charge in [0, 0.05) is 11.6 Å². The van der Waals surface area contributed by atoms with Gasteiger partial charge in [0.15, 0.2) is 11.6 Å². The number of aromatic nitrogens is 2. The molecule has 7 heteroatoms. The summed E-state index contributed by atoms with van der Waals surface area (Å²) in [5, 5.41) is 10.8. The van der Waals surface area contributed by atoms with Crippen LogP contribution >= 0.6 is 0 Å². The first-order valence-electron chi connectivity index (χ1n) is 5.73. The molecule has 1 atom stereocenters. The monoisotopic (exact) mass is 258 g/mol. The number of aromatic amines is 1. The summed E-state index contributed by atoms with van der Waals surface area (Å²) < 4.78 is 5.21. The predicted octanol–water partition coefficient (Wildman–Crippen LogP) is 0.115. The van der Waals surface area contributed by atoms with Crippen molar-refractivity contribution in [2.24, 2.45) is 16.5 Å². The van der Waals surface area contributed by atoms with Crippen LogP contribution in [0.25, 0.3) is 10.9 Å². The molecule has 0 amide bonds. The van der Waals surface area contributed by atoms with Crippen molar-refractivity contribution < 1.29 is 4.74 Å². The maximum atomic E-state index is 6.27. The number of hydrogen-bond donors (Lipinski definition) is 4. The Bertz CT molecular complexity index is 689. The molecule has 1 aromatic carbocycles. The van der Waals surface area contributed by atoms with E-state index in [0.717, 1.165) is 16.7 Å². The van der Waals surface area contributed by atoms with Crippen molar-refractivity contribution in [1.82, 2.24) is 15.5 Å². The fraction of sp³-hybridized carbons (Fsp3) is 0.167. The Balaban J connectivity index is 2.19. The second-order valence-corrected chi connectivity index (χ2v) is 4.28. The SMILES string of the molecule is COc1ccc2n[nH]c(C3(N)C=CNC(N)=N3)c2c1.